The van der Waals surface area contributed by atoms with Gasteiger partial charge in [0.25, 0.3) is 0 Å². The quantitative estimate of drug-likeness (QED) is 0.418. The van der Waals surface area contributed by atoms with Gasteiger partial charge in [0.15, 0.2) is 23.9 Å². The number of halogens is 4. The number of pyridine rings is 1. The largest absolute Gasteiger partial charge is 0.489 e. The molecule has 2 atom stereocenters. The molecule has 4 rings (SSSR count). The number of aromatic nitrogens is 1. The fourth-order valence-corrected chi connectivity index (χ4v) is 4.48. The van der Waals surface area contributed by atoms with Gasteiger partial charge in [0.2, 0.25) is 0 Å². The smallest absolute Gasteiger partial charge is 0.387 e. The zero-order valence-electron chi connectivity index (χ0n) is 18.5. The molecule has 184 valence electrons. The van der Waals surface area contributed by atoms with E-state index in [0.717, 1.165) is 32.2 Å². The van der Waals surface area contributed by atoms with Gasteiger partial charge in [0, 0.05) is 18.0 Å². The molecule has 2 N–H and O–H groups in total. The van der Waals surface area contributed by atoms with Crippen LogP contribution in [0.25, 0.3) is 0 Å². The van der Waals surface area contributed by atoms with E-state index in [9.17, 15) is 13.6 Å². The molecule has 10 heteroatoms. The first-order valence-corrected chi connectivity index (χ1v) is 12.1. The zero-order valence-corrected chi connectivity index (χ0v) is 20.0. The molecule has 1 aliphatic heterocycles. The summed E-state index contributed by atoms with van der Waals surface area (Å²) in [5.41, 5.74) is 1.17. The van der Waals surface area contributed by atoms with Crippen LogP contribution in [0.5, 0.6) is 11.5 Å². The highest BCUT2D eigenvalue weighted by molar-refractivity contribution is 6.35. The summed E-state index contributed by atoms with van der Waals surface area (Å²) in [5, 5.41) is 4.08. The number of esters is 1. The molecule has 1 saturated carbocycles. The number of hydrogen-bond donors (Lipinski definition) is 1. The minimum Gasteiger partial charge on any atom is -0.489 e. The summed E-state index contributed by atoms with van der Waals surface area (Å²) in [7, 11) is 0. The van der Waals surface area contributed by atoms with E-state index in [1.165, 1.54) is 6.07 Å². The van der Waals surface area contributed by atoms with E-state index in [-0.39, 0.29) is 36.4 Å². The second-order valence-corrected chi connectivity index (χ2v) is 9.46. The van der Waals surface area contributed by atoms with Gasteiger partial charge in [-0.05, 0) is 55.8 Å². The van der Waals surface area contributed by atoms with Crippen LogP contribution in [-0.4, -0.2) is 31.8 Å². The molecule has 2 aliphatic rings. The summed E-state index contributed by atoms with van der Waals surface area (Å²) < 4.78 is 42.2. The highest BCUT2D eigenvalue weighted by Gasteiger charge is 2.27. The summed E-state index contributed by atoms with van der Waals surface area (Å²) in [6.45, 7) is -1.70. The third kappa shape index (κ3) is 6.93. The lowest BCUT2D eigenvalue weighted by atomic mass is 10.0. The molecular formula is C24H27Cl2F2N2O4+. The average molecular weight is 516 g/mol. The van der Waals surface area contributed by atoms with Gasteiger partial charge in [-0.1, -0.05) is 29.3 Å². The molecule has 6 nitrogen and oxygen atoms in total. The maximum absolute atomic E-state index is 12.9. The Hall–Kier alpha value is -2.16. The Balaban J connectivity index is 1.60. The van der Waals surface area contributed by atoms with Crippen LogP contribution in [0.1, 0.15) is 49.3 Å². The van der Waals surface area contributed by atoms with Crippen LogP contribution in [-0.2, 0) is 16.0 Å². The summed E-state index contributed by atoms with van der Waals surface area (Å²) in [5.74, 6) is 0.160. The normalized spacial score (nSPS) is 18.7. The SMILES string of the molecule is O=C(C[C@@H]1CCCN1)O[C@@H](Cc1c(Cl)c[nH+]cc1Cl)c1ccc(OC(F)F)c(OCC2CC2)c1. The Morgan fingerprint density at radius 3 is 2.56 bits per heavy atom. The standard InChI is InChI=1S/C24H26Cl2F2N2O4/c25-18-11-29-12-19(26)17(18)10-21(33-23(31)9-16-2-1-7-30-16)15-5-6-20(34-24(27)28)22(8-15)32-13-14-3-4-14/h5-6,8,11-12,14,16,21,24,30H,1-4,7,9-10,13H2/p+1/t16-,21-/m0/s1. The maximum atomic E-state index is 12.9. The molecule has 0 unspecified atom stereocenters. The highest BCUT2D eigenvalue weighted by Crippen LogP contribution is 2.37. The van der Waals surface area contributed by atoms with Gasteiger partial charge in [-0.3, -0.25) is 4.79 Å². The minimum atomic E-state index is -2.99. The van der Waals surface area contributed by atoms with Crippen molar-refractivity contribution < 1.29 is 32.8 Å². The van der Waals surface area contributed by atoms with Gasteiger partial charge < -0.3 is 19.5 Å². The van der Waals surface area contributed by atoms with Crippen LogP contribution >= 0.6 is 23.2 Å². The molecule has 0 bridgehead atoms. The lowest BCUT2D eigenvalue weighted by molar-refractivity contribution is -0.377. The number of alkyl halides is 2. The fourth-order valence-electron chi connectivity index (χ4n) is 3.95. The predicted octanol–water partition coefficient (Wildman–Crippen LogP) is 5.17. The van der Waals surface area contributed by atoms with Gasteiger partial charge in [-0.15, -0.1) is 0 Å². The van der Waals surface area contributed by atoms with E-state index in [4.69, 9.17) is 32.7 Å². The molecule has 2 heterocycles. The zero-order chi connectivity index (χ0) is 24.1. The lowest BCUT2D eigenvalue weighted by Crippen LogP contribution is -2.26. The molecule has 1 saturated heterocycles. The third-order valence-corrected chi connectivity index (χ3v) is 6.64. The fraction of sp³-hybridized carbons (Fsp3) is 0.500. The number of aromatic amines is 1. The van der Waals surface area contributed by atoms with Crippen LogP contribution < -0.4 is 19.8 Å². The molecule has 0 spiro atoms. The molecule has 1 aromatic heterocycles. The number of carbonyl (C=O) groups excluding carboxylic acids is 1. The van der Waals surface area contributed by atoms with Crippen LogP contribution in [0.2, 0.25) is 10.0 Å². The number of benzene rings is 1. The van der Waals surface area contributed by atoms with Crippen molar-refractivity contribution in [3.8, 4) is 11.5 Å². The van der Waals surface area contributed by atoms with Crippen LogP contribution in [0.4, 0.5) is 8.78 Å². The topological polar surface area (TPSA) is 70.9 Å². The van der Waals surface area contributed by atoms with Gasteiger partial charge in [-0.25, -0.2) is 4.98 Å². The number of H-pyrrole nitrogens is 1. The van der Waals surface area contributed by atoms with E-state index in [1.807, 2.05) is 0 Å². The Bertz CT molecular complexity index is 981. The molecule has 2 fully saturated rings. The summed E-state index contributed by atoms with van der Waals surface area (Å²) in [4.78, 5) is 15.6. The Morgan fingerprint density at radius 1 is 1.15 bits per heavy atom. The van der Waals surface area contributed by atoms with Crippen LogP contribution in [0.3, 0.4) is 0 Å². The van der Waals surface area contributed by atoms with Crippen molar-refractivity contribution in [2.24, 2.45) is 5.92 Å². The molecule has 0 amide bonds. The van der Waals surface area contributed by atoms with Crippen molar-refractivity contribution in [3.05, 3.63) is 51.8 Å². The Kier molecular flexibility index (Phi) is 8.45. The predicted molar refractivity (Wildman–Crippen MR) is 122 cm³/mol. The lowest BCUT2D eigenvalue weighted by Gasteiger charge is -2.22. The van der Waals surface area contributed by atoms with Crippen LogP contribution in [0.15, 0.2) is 30.6 Å². The van der Waals surface area contributed by atoms with E-state index in [1.54, 1.807) is 24.5 Å². The highest BCUT2D eigenvalue weighted by atomic mass is 35.5. The third-order valence-electron chi connectivity index (χ3n) is 5.96. The van der Waals surface area contributed by atoms with Gasteiger partial charge in [0.1, 0.15) is 16.1 Å². The second kappa shape index (κ2) is 11.5. The summed E-state index contributed by atoms with van der Waals surface area (Å²) in [6, 6.07) is 4.66. The molecular weight excluding hydrogens is 489 g/mol. The van der Waals surface area contributed by atoms with Gasteiger partial charge >= 0.3 is 12.6 Å². The number of rotatable bonds is 11. The number of hydrogen-bond acceptors (Lipinski definition) is 5. The number of carbonyl (C=O) groups is 1. The molecule has 1 aliphatic carbocycles. The van der Waals surface area contributed by atoms with Crippen molar-refractivity contribution in [2.45, 2.75) is 57.3 Å². The second-order valence-electron chi connectivity index (χ2n) is 8.65. The monoisotopic (exact) mass is 515 g/mol. The number of nitrogens with one attached hydrogen (secondary N) is 2. The molecule has 1 aromatic carbocycles. The van der Waals surface area contributed by atoms with Crippen molar-refractivity contribution in [3.63, 3.8) is 0 Å². The van der Waals surface area contributed by atoms with Crippen LogP contribution in [0, 0.1) is 5.92 Å². The van der Waals surface area contributed by atoms with Crippen molar-refractivity contribution >= 4 is 29.2 Å². The van der Waals surface area contributed by atoms with Crippen molar-refractivity contribution in [2.75, 3.05) is 13.2 Å². The summed E-state index contributed by atoms with van der Waals surface area (Å²) >= 11 is 12.7. The Morgan fingerprint density at radius 2 is 1.91 bits per heavy atom. The first-order valence-electron chi connectivity index (χ1n) is 11.4. The van der Waals surface area contributed by atoms with E-state index in [0.29, 0.717) is 33.7 Å². The van der Waals surface area contributed by atoms with Crippen molar-refractivity contribution in [1.82, 2.24) is 5.32 Å². The first-order chi connectivity index (χ1) is 16.4. The van der Waals surface area contributed by atoms with Crippen molar-refractivity contribution in [1.29, 1.82) is 0 Å². The molecule has 34 heavy (non-hydrogen) atoms. The molecule has 2 aromatic rings. The Labute approximate surface area is 206 Å². The van der Waals surface area contributed by atoms with E-state index >= 15 is 0 Å². The van der Waals surface area contributed by atoms with Gasteiger partial charge in [-0.2, -0.15) is 8.78 Å². The maximum Gasteiger partial charge on any atom is 0.387 e. The number of ether oxygens (including phenoxy) is 3. The first kappa shape index (κ1) is 24.9. The minimum absolute atomic E-state index is 0.0648. The summed E-state index contributed by atoms with van der Waals surface area (Å²) in [6.07, 6.45) is 6.87. The van der Waals surface area contributed by atoms with E-state index in [2.05, 4.69) is 15.0 Å². The van der Waals surface area contributed by atoms with E-state index < -0.39 is 12.7 Å². The average Bonchev–Trinajstić information content (AvgIpc) is 3.48. The molecule has 0 radical (unpaired) electrons. The van der Waals surface area contributed by atoms with Gasteiger partial charge in [0.05, 0.1) is 13.0 Å².